The van der Waals surface area contributed by atoms with Gasteiger partial charge in [0.15, 0.2) is 0 Å². The third kappa shape index (κ3) is 5.73. The second-order valence-corrected chi connectivity index (χ2v) is 9.56. The van der Waals surface area contributed by atoms with Gasteiger partial charge in [0.25, 0.3) is 0 Å². The molecular formula is C25H31ClFN3O5. The molecule has 35 heavy (non-hydrogen) atoms. The molecule has 2 aliphatic rings. The largest absolute Gasteiger partial charge is 0.490 e. The molecule has 0 radical (unpaired) electrons. The lowest BCUT2D eigenvalue weighted by atomic mass is 9.96. The number of hydrogen-bond acceptors (Lipinski definition) is 7. The second kappa shape index (κ2) is 10.9. The van der Waals surface area contributed by atoms with Crippen molar-refractivity contribution in [2.45, 2.75) is 44.4 Å². The summed E-state index contributed by atoms with van der Waals surface area (Å²) in [6, 6.07) is 6.31. The molecule has 0 amide bonds. The van der Waals surface area contributed by atoms with Crippen LogP contribution in [0.25, 0.3) is 0 Å². The number of aliphatic carboxylic acids is 1. The molecular weight excluding hydrogens is 477 g/mol. The summed E-state index contributed by atoms with van der Waals surface area (Å²) in [6.07, 6.45) is 2.60. The predicted octanol–water partition coefficient (Wildman–Crippen LogP) is 4.24. The Labute approximate surface area is 209 Å². The fraction of sp³-hybridized carbons (Fsp3) is 0.520. The van der Waals surface area contributed by atoms with Crippen molar-refractivity contribution in [1.82, 2.24) is 4.98 Å². The minimum Gasteiger partial charge on any atom is -0.490 e. The molecule has 3 heterocycles. The molecule has 2 aromatic rings. The maximum absolute atomic E-state index is 15.1. The Bertz CT molecular complexity index is 1060. The van der Waals surface area contributed by atoms with E-state index in [0.29, 0.717) is 35.3 Å². The van der Waals surface area contributed by atoms with Crippen LogP contribution in [-0.4, -0.2) is 68.2 Å². The second-order valence-electron chi connectivity index (χ2n) is 9.16. The Balaban J connectivity index is 1.42. The van der Waals surface area contributed by atoms with Crippen molar-refractivity contribution >= 4 is 28.9 Å². The zero-order valence-corrected chi connectivity index (χ0v) is 20.9. The molecule has 0 bridgehead atoms. The highest BCUT2D eigenvalue weighted by atomic mass is 35.5. The molecule has 1 aromatic carbocycles. The Morgan fingerprint density at radius 2 is 2.06 bits per heavy atom. The number of methoxy groups -OCH3 is 2. The number of aromatic nitrogens is 1. The van der Waals surface area contributed by atoms with Gasteiger partial charge in [-0.2, -0.15) is 0 Å². The Kier molecular flexibility index (Phi) is 7.86. The van der Waals surface area contributed by atoms with Gasteiger partial charge >= 0.3 is 5.97 Å². The van der Waals surface area contributed by atoms with Gasteiger partial charge in [-0.3, -0.25) is 4.79 Å². The smallest absolute Gasteiger partial charge is 0.305 e. The summed E-state index contributed by atoms with van der Waals surface area (Å²) in [5.74, 6) is -0.217. The standard InChI is InChI=1S/C25H31ClFN3O5/c1-15-13-29(22-11-24(34-3)28-12-19(22)26)7-6-23(15)35-17-4-5-21(20(27)10-17)30-14-18(33-2)8-16(30)9-25(31)32/h4-5,10-12,15-16,18,23H,6-9,13-14H2,1-3H3,(H,31,32)/t15?,16-,18-,23?/m1/s1. The maximum Gasteiger partial charge on any atom is 0.305 e. The lowest BCUT2D eigenvalue weighted by Crippen LogP contribution is -2.44. The number of halogens is 2. The first kappa shape index (κ1) is 25.3. The predicted molar refractivity (Wildman–Crippen MR) is 131 cm³/mol. The molecule has 2 fully saturated rings. The van der Waals surface area contributed by atoms with E-state index in [-0.39, 0.29) is 30.6 Å². The highest BCUT2D eigenvalue weighted by Crippen LogP contribution is 2.35. The zero-order valence-electron chi connectivity index (χ0n) is 20.1. The SMILES string of the molecule is COc1cc(N2CCC(Oc3ccc(N4C[C@H](OC)C[C@@H]4CC(=O)O)c(F)c3)C(C)C2)c(Cl)cn1. The van der Waals surface area contributed by atoms with E-state index in [1.807, 2.05) is 6.07 Å². The van der Waals surface area contributed by atoms with E-state index in [9.17, 15) is 9.90 Å². The quantitative estimate of drug-likeness (QED) is 0.568. The number of carboxylic acids is 1. The molecule has 1 aromatic heterocycles. The normalized spacial score (nSPS) is 24.5. The van der Waals surface area contributed by atoms with Gasteiger partial charge in [-0.15, -0.1) is 0 Å². The molecule has 4 rings (SSSR count). The first-order chi connectivity index (χ1) is 16.8. The monoisotopic (exact) mass is 507 g/mol. The highest BCUT2D eigenvalue weighted by molar-refractivity contribution is 6.33. The molecule has 0 aliphatic carbocycles. The van der Waals surface area contributed by atoms with Crippen LogP contribution in [0.3, 0.4) is 0 Å². The number of pyridine rings is 1. The third-order valence-electron chi connectivity index (χ3n) is 6.82. The van der Waals surface area contributed by atoms with E-state index >= 15 is 4.39 Å². The number of anilines is 2. The van der Waals surface area contributed by atoms with Crippen LogP contribution in [0.1, 0.15) is 26.2 Å². The summed E-state index contributed by atoms with van der Waals surface area (Å²) < 4.78 is 32.0. The van der Waals surface area contributed by atoms with E-state index in [1.165, 1.54) is 6.07 Å². The van der Waals surface area contributed by atoms with E-state index < -0.39 is 11.8 Å². The van der Waals surface area contributed by atoms with Crippen molar-refractivity contribution in [1.29, 1.82) is 0 Å². The van der Waals surface area contributed by atoms with Crippen molar-refractivity contribution in [3.8, 4) is 11.6 Å². The summed E-state index contributed by atoms with van der Waals surface area (Å²) in [4.78, 5) is 19.4. The molecule has 4 atom stereocenters. The van der Waals surface area contributed by atoms with Crippen LogP contribution in [0.5, 0.6) is 11.6 Å². The lowest BCUT2D eigenvalue weighted by molar-refractivity contribution is -0.137. The number of piperidine rings is 1. The molecule has 2 saturated heterocycles. The van der Waals surface area contributed by atoms with Gasteiger partial charge in [0, 0.05) is 57.3 Å². The molecule has 190 valence electrons. The zero-order chi connectivity index (χ0) is 25.1. The first-order valence-electron chi connectivity index (χ1n) is 11.7. The van der Waals surface area contributed by atoms with Crippen LogP contribution < -0.4 is 19.3 Å². The van der Waals surface area contributed by atoms with Crippen LogP contribution in [0.2, 0.25) is 5.02 Å². The highest BCUT2D eigenvalue weighted by Gasteiger charge is 2.35. The molecule has 0 spiro atoms. The number of benzene rings is 1. The third-order valence-corrected chi connectivity index (χ3v) is 7.11. The van der Waals surface area contributed by atoms with Crippen molar-refractivity contribution in [3.63, 3.8) is 0 Å². The molecule has 2 aliphatic heterocycles. The van der Waals surface area contributed by atoms with E-state index in [1.54, 1.807) is 37.4 Å². The van der Waals surface area contributed by atoms with E-state index in [0.717, 1.165) is 25.2 Å². The van der Waals surface area contributed by atoms with Crippen LogP contribution in [0, 0.1) is 11.7 Å². The van der Waals surface area contributed by atoms with Crippen LogP contribution in [-0.2, 0) is 9.53 Å². The first-order valence-corrected chi connectivity index (χ1v) is 12.1. The van der Waals surface area contributed by atoms with Gasteiger partial charge in [0.05, 0.1) is 42.2 Å². The van der Waals surface area contributed by atoms with Crippen molar-refractivity contribution in [2.75, 3.05) is 43.7 Å². The van der Waals surface area contributed by atoms with E-state index in [4.69, 9.17) is 25.8 Å². The number of hydrogen-bond donors (Lipinski definition) is 1. The van der Waals surface area contributed by atoms with Gasteiger partial charge in [0.1, 0.15) is 17.7 Å². The van der Waals surface area contributed by atoms with Crippen LogP contribution in [0.15, 0.2) is 30.5 Å². The lowest BCUT2D eigenvalue weighted by Gasteiger charge is -2.38. The maximum atomic E-state index is 15.1. The van der Waals surface area contributed by atoms with Crippen molar-refractivity contribution in [2.24, 2.45) is 5.92 Å². The minimum atomic E-state index is -0.913. The van der Waals surface area contributed by atoms with Crippen LogP contribution >= 0.6 is 11.6 Å². The number of nitrogens with zero attached hydrogens (tertiary/aromatic N) is 3. The van der Waals surface area contributed by atoms with Gasteiger partial charge in [0.2, 0.25) is 5.88 Å². The number of rotatable bonds is 8. The Morgan fingerprint density at radius 1 is 1.26 bits per heavy atom. The van der Waals surface area contributed by atoms with Crippen LogP contribution in [0.4, 0.5) is 15.8 Å². The van der Waals surface area contributed by atoms with Gasteiger partial charge in [-0.1, -0.05) is 18.5 Å². The summed E-state index contributed by atoms with van der Waals surface area (Å²) >= 11 is 6.37. The summed E-state index contributed by atoms with van der Waals surface area (Å²) in [5.41, 5.74) is 1.24. The molecule has 10 heteroatoms. The van der Waals surface area contributed by atoms with Crippen molar-refractivity contribution in [3.05, 3.63) is 41.3 Å². The molecule has 1 N–H and O–H groups in total. The summed E-state index contributed by atoms with van der Waals surface area (Å²) in [7, 11) is 3.16. The fourth-order valence-corrected chi connectivity index (χ4v) is 5.21. The van der Waals surface area contributed by atoms with Gasteiger partial charge in [-0.05, 0) is 18.6 Å². The molecule has 8 nitrogen and oxygen atoms in total. The van der Waals surface area contributed by atoms with E-state index in [2.05, 4.69) is 16.8 Å². The summed E-state index contributed by atoms with van der Waals surface area (Å²) in [6.45, 7) is 4.00. The average molecular weight is 508 g/mol. The number of carboxylic acid groups (broad SMARTS) is 1. The topological polar surface area (TPSA) is 84.4 Å². The summed E-state index contributed by atoms with van der Waals surface area (Å²) in [5, 5.41) is 9.81. The number of ether oxygens (including phenoxy) is 3. The Hall–Kier alpha value is -2.78. The van der Waals surface area contributed by atoms with Gasteiger partial charge < -0.3 is 29.1 Å². The van der Waals surface area contributed by atoms with Crippen molar-refractivity contribution < 1.29 is 28.5 Å². The fourth-order valence-electron chi connectivity index (χ4n) is 4.98. The Morgan fingerprint density at radius 3 is 2.71 bits per heavy atom. The van der Waals surface area contributed by atoms with Gasteiger partial charge in [-0.25, -0.2) is 9.37 Å². The number of carbonyl (C=O) groups is 1. The molecule has 2 unspecified atom stereocenters. The minimum absolute atomic E-state index is 0.0684. The molecule has 0 saturated carbocycles. The average Bonchev–Trinajstić information content (AvgIpc) is 3.22.